The van der Waals surface area contributed by atoms with Crippen molar-refractivity contribution in [2.75, 3.05) is 50.8 Å². The lowest BCUT2D eigenvalue weighted by Gasteiger charge is -2.37. The van der Waals surface area contributed by atoms with Gasteiger partial charge in [-0.3, -0.25) is 14.9 Å². The number of ether oxygens (including phenoxy) is 1. The molecule has 0 aromatic heterocycles. The van der Waals surface area contributed by atoms with Crippen molar-refractivity contribution >= 4 is 42.1 Å². The van der Waals surface area contributed by atoms with Crippen molar-refractivity contribution < 1.29 is 14.5 Å². The summed E-state index contributed by atoms with van der Waals surface area (Å²) in [7, 11) is 0. The number of carbonyl (C=O) groups is 1. The van der Waals surface area contributed by atoms with E-state index in [9.17, 15) is 14.9 Å². The van der Waals surface area contributed by atoms with Gasteiger partial charge in [-0.25, -0.2) is 0 Å². The van der Waals surface area contributed by atoms with Crippen LogP contribution in [0.2, 0.25) is 0 Å². The van der Waals surface area contributed by atoms with Gasteiger partial charge in [-0.1, -0.05) is 6.07 Å². The largest absolute Gasteiger partial charge is 0.378 e. The fraction of sp³-hybridized carbons (Fsp3) is 0.562. The molecular weight excluding hydrogens is 383 g/mol. The quantitative estimate of drug-likeness (QED) is 0.601. The van der Waals surface area contributed by atoms with Gasteiger partial charge in [0.15, 0.2) is 0 Å². The lowest BCUT2D eigenvalue weighted by Crippen LogP contribution is -2.51. The molecule has 0 radical (unpaired) electrons. The minimum Gasteiger partial charge on any atom is -0.378 e. The van der Waals surface area contributed by atoms with Crippen molar-refractivity contribution in [2.24, 2.45) is 0 Å². The summed E-state index contributed by atoms with van der Waals surface area (Å²) in [5, 5.41) is 14.2. The van der Waals surface area contributed by atoms with Gasteiger partial charge in [0.05, 0.1) is 18.1 Å². The second-order valence-electron chi connectivity index (χ2n) is 6.07. The number of nitrogens with one attached hydrogen (secondary N) is 1. The Kier molecular flexibility index (Phi) is 9.07. The third-order valence-corrected chi connectivity index (χ3v) is 4.46. The number of nitro benzene ring substituents is 1. The molecule has 1 aromatic carbocycles. The Morgan fingerprint density at radius 1 is 1.27 bits per heavy atom. The maximum atomic E-state index is 12.4. The molecule has 1 unspecified atom stereocenters. The topological polar surface area (TPSA) is 88.0 Å². The van der Waals surface area contributed by atoms with E-state index in [0.29, 0.717) is 45.8 Å². The van der Waals surface area contributed by atoms with E-state index in [1.54, 1.807) is 12.1 Å². The molecule has 0 bridgehead atoms. The predicted molar refractivity (Wildman–Crippen MR) is 104 cm³/mol. The fourth-order valence-electron chi connectivity index (χ4n) is 3.11. The van der Waals surface area contributed by atoms with Gasteiger partial charge in [0.25, 0.3) is 5.69 Å². The van der Waals surface area contributed by atoms with Gasteiger partial charge in [0, 0.05) is 63.0 Å². The van der Waals surface area contributed by atoms with Crippen LogP contribution in [0.1, 0.15) is 6.42 Å². The summed E-state index contributed by atoms with van der Waals surface area (Å²) in [4.78, 5) is 26.8. The summed E-state index contributed by atoms with van der Waals surface area (Å²) in [6.07, 6.45) is 0.455. The molecule has 146 valence electrons. The number of nitrogens with zero attached hydrogens (tertiary/aromatic N) is 3. The number of morpholine rings is 1. The van der Waals surface area contributed by atoms with Crippen molar-refractivity contribution in [2.45, 2.75) is 12.5 Å². The number of hydrogen-bond acceptors (Lipinski definition) is 6. The van der Waals surface area contributed by atoms with Crippen molar-refractivity contribution in [3.05, 3.63) is 34.4 Å². The number of amides is 1. The Bertz CT molecular complexity index is 606. The maximum Gasteiger partial charge on any atom is 0.271 e. The average molecular weight is 407 g/mol. The molecular formula is C16H24Cl2N4O4. The predicted octanol–water partition coefficient (Wildman–Crippen LogP) is 1.47. The number of benzene rings is 1. The third kappa shape index (κ3) is 5.70. The van der Waals surface area contributed by atoms with Crippen LogP contribution >= 0.6 is 24.8 Å². The number of anilines is 1. The standard InChI is InChI=1S/C16H22N4O4.2ClH/c21-16(10-13-12-24-9-4-17-13)19-7-5-18(6-8-19)14-2-1-3-15(11-14)20(22)23;;/h1-3,11,13,17H,4-10,12H2;2*1H. The minimum absolute atomic E-state index is 0. The summed E-state index contributed by atoms with van der Waals surface area (Å²) in [6, 6.07) is 6.73. The highest BCUT2D eigenvalue weighted by atomic mass is 35.5. The van der Waals surface area contributed by atoms with Gasteiger partial charge < -0.3 is 19.9 Å². The van der Waals surface area contributed by atoms with Crippen molar-refractivity contribution in [3.8, 4) is 0 Å². The monoisotopic (exact) mass is 406 g/mol. The van der Waals surface area contributed by atoms with Gasteiger partial charge in [0.1, 0.15) is 0 Å². The zero-order valence-electron chi connectivity index (χ0n) is 14.3. The van der Waals surface area contributed by atoms with Crippen molar-refractivity contribution in [1.29, 1.82) is 0 Å². The van der Waals surface area contributed by atoms with Crippen LogP contribution in [0, 0.1) is 10.1 Å². The first-order chi connectivity index (χ1) is 11.6. The summed E-state index contributed by atoms with van der Waals surface area (Å²) >= 11 is 0. The number of carbonyl (C=O) groups excluding carboxylic acids is 1. The Morgan fingerprint density at radius 2 is 2.00 bits per heavy atom. The molecule has 26 heavy (non-hydrogen) atoms. The molecule has 0 saturated carbocycles. The number of non-ortho nitro benzene ring substituents is 1. The van der Waals surface area contributed by atoms with Gasteiger partial charge >= 0.3 is 0 Å². The Labute approximate surface area is 164 Å². The smallest absolute Gasteiger partial charge is 0.271 e. The fourth-order valence-corrected chi connectivity index (χ4v) is 3.11. The average Bonchev–Trinajstić information content (AvgIpc) is 2.63. The molecule has 1 atom stereocenters. The molecule has 1 N–H and O–H groups in total. The maximum absolute atomic E-state index is 12.4. The molecule has 0 spiro atoms. The Hall–Kier alpha value is -1.61. The van der Waals surface area contributed by atoms with Crippen LogP contribution < -0.4 is 10.2 Å². The number of hydrogen-bond donors (Lipinski definition) is 1. The molecule has 2 fully saturated rings. The van der Waals surface area contributed by atoms with E-state index in [2.05, 4.69) is 10.2 Å². The van der Waals surface area contributed by atoms with Gasteiger partial charge in [-0.15, -0.1) is 24.8 Å². The first kappa shape index (κ1) is 22.4. The molecule has 2 aliphatic rings. The van der Waals surface area contributed by atoms with E-state index in [0.717, 1.165) is 12.2 Å². The van der Waals surface area contributed by atoms with Crippen molar-refractivity contribution in [3.63, 3.8) is 0 Å². The van der Waals surface area contributed by atoms with E-state index >= 15 is 0 Å². The zero-order chi connectivity index (χ0) is 16.9. The van der Waals surface area contributed by atoms with Crippen LogP contribution in [0.25, 0.3) is 0 Å². The highest BCUT2D eigenvalue weighted by Crippen LogP contribution is 2.22. The second kappa shape index (κ2) is 10.5. The molecule has 2 heterocycles. The van der Waals surface area contributed by atoms with Crippen LogP contribution in [-0.4, -0.2) is 67.7 Å². The van der Waals surface area contributed by atoms with Gasteiger partial charge in [0.2, 0.25) is 5.91 Å². The number of nitro groups is 1. The molecule has 2 aliphatic heterocycles. The number of halogens is 2. The summed E-state index contributed by atoms with van der Waals surface area (Å²) in [5.74, 6) is 0.136. The lowest BCUT2D eigenvalue weighted by atomic mass is 10.1. The van der Waals surface area contributed by atoms with Crippen LogP contribution in [-0.2, 0) is 9.53 Å². The van der Waals surface area contributed by atoms with Crippen molar-refractivity contribution in [1.82, 2.24) is 10.2 Å². The van der Waals surface area contributed by atoms with E-state index < -0.39 is 0 Å². The van der Waals surface area contributed by atoms with E-state index in [1.165, 1.54) is 6.07 Å². The molecule has 10 heteroatoms. The van der Waals surface area contributed by atoms with E-state index in [1.807, 2.05) is 11.0 Å². The molecule has 8 nitrogen and oxygen atoms in total. The normalized spacial score (nSPS) is 19.9. The number of rotatable bonds is 4. The summed E-state index contributed by atoms with van der Waals surface area (Å²) in [6.45, 7) is 4.71. The molecule has 0 aliphatic carbocycles. The summed E-state index contributed by atoms with van der Waals surface area (Å²) in [5.41, 5.74) is 0.924. The zero-order valence-corrected chi connectivity index (χ0v) is 16.0. The highest BCUT2D eigenvalue weighted by Gasteiger charge is 2.25. The SMILES string of the molecule is Cl.Cl.O=C(CC1COCCN1)N1CCN(c2cccc([N+](=O)[O-])c2)CC1. The van der Waals surface area contributed by atoms with Gasteiger partial charge in [-0.05, 0) is 6.07 Å². The molecule has 2 saturated heterocycles. The first-order valence-corrected chi connectivity index (χ1v) is 8.22. The second-order valence-corrected chi connectivity index (χ2v) is 6.07. The van der Waals surface area contributed by atoms with E-state index in [4.69, 9.17) is 4.74 Å². The van der Waals surface area contributed by atoms with Crippen LogP contribution in [0.15, 0.2) is 24.3 Å². The van der Waals surface area contributed by atoms with Crippen LogP contribution in [0.4, 0.5) is 11.4 Å². The Balaban J connectivity index is 0.00000169. The van der Waals surface area contributed by atoms with Gasteiger partial charge in [-0.2, -0.15) is 0 Å². The van der Waals surface area contributed by atoms with E-state index in [-0.39, 0.29) is 47.4 Å². The Morgan fingerprint density at radius 3 is 2.62 bits per heavy atom. The third-order valence-electron chi connectivity index (χ3n) is 4.46. The minimum atomic E-state index is -0.386. The number of piperazine rings is 1. The highest BCUT2D eigenvalue weighted by molar-refractivity contribution is 5.85. The van der Waals surface area contributed by atoms with Crippen LogP contribution in [0.3, 0.4) is 0 Å². The molecule has 3 rings (SSSR count). The molecule has 1 aromatic rings. The molecule has 1 amide bonds. The van der Waals surface area contributed by atoms with Crippen LogP contribution in [0.5, 0.6) is 0 Å². The summed E-state index contributed by atoms with van der Waals surface area (Å²) < 4.78 is 5.38. The first-order valence-electron chi connectivity index (χ1n) is 8.22. The lowest BCUT2D eigenvalue weighted by molar-refractivity contribution is -0.384.